The van der Waals surface area contributed by atoms with Gasteiger partial charge in [-0.05, 0) is 82.5 Å². The van der Waals surface area contributed by atoms with Crippen LogP contribution >= 0.6 is 15.8 Å². The predicted molar refractivity (Wildman–Crippen MR) is 161 cm³/mol. The van der Waals surface area contributed by atoms with Gasteiger partial charge in [-0.3, -0.25) is 0 Å². The van der Waals surface area contributed by atoms with Gasteiger partial charge in [0, 0.05) is 0 Å². The third kappa shape index (κ3) is 6.50. The van der Waals surface area contributed by atoms with Gasteiger partial charge >= 0.3 is 0 Å². The molecule has 180 valence electrons. The Morgan fingerprint density at radius 3 is 0.800 bits per heavy atom. The summed E-state index contributed by atoms with van der Waals surface area (Å²) >= 11 is 0. The van der Waals surface area contributed by atoms with Crippen molar-refractivity contribution in [1.82, 2.24) is 0 Å². The quantitative estimate of drug-likeness (QED) is 0.220. The molecule has 2 heteroatoms. The zero-order valence-corrected chi connectivity index (χ0v) is 23.8. The Morgan fingerprint density at radius 1 is 0.400 bits per heavy atom. The molecule has 0 amide bonds. The SMILES string of the molecule is Cc1ccc(P(c2ccc(C)cc2)[C@H](C)C[C@@H](C)P(c2ccc(C)cc2)c2ccc(C)cc2)cc1. The predicted octanol–water partition coefficient (Wildman–Crippen LogP) is 7.65. The monoisotopic (exact) mass is 496 g/mol. The van der Waals surface area contributed by atoms with Crippen LogP contribution < -0.4 is 21.2 Å². The summed E-state index contributed by atoms with van der Waals surface area (Å²) < 4.78 is 0. The van der Waals surface area contributed by atoms with E-state index in [4.69, 9.17) is 0 Å². The van der Waals surface area contributed by atoms with E-state index in [1.54, 1.807) is 0 Å². The van der Waals surface area contributed by atoms with Crippen LogP contribution in [-0.4, -0.2) is 11.3 Å². The second-order valence-corrected chi connectivity index (χ2v) is 15.3. The first-order chi connectivity index (χ1) is 16.8. The standard InChI is InChI=1S/C33H38P2/c1-24-7-15-30(16-8-24)34(31-17-9-25(2)10-18-31)28(5)23-29(6)35(32-19-11-26(3)12-20-32)33-21-13-27(4)14-22-33/h7-22,28-29H,23H2,1-6H3/t28-,29-/m1/s1. The van der Waals surface area contributed by atoms with Crippen molar-refractivity contribution in [3.05, 3.63) is 119 Å². The molecule has 0 aromatic heterocycles. The molecule has 35 heavy (non-hydrogen) atoms. The first-order valence-corrected chi connectivity index (χ1v) is 15.5. The highest BCUT2D eigenvalue weighted by Gasteiger charge is 2.28. The summed E-state index contributed by atoms with van der Waals surface area (Å²) in [6, 6.07) is 37.2. The maximum atomic E-state index is 2.49. The van der Waals surface area contributed by atoms with Crippen LogP contribution in [0.4, 0.5) is 0 Å². The van der Waals surface area contributed by atoms with E-state index in [0.717, 1.165) is 0 Å². The molecule has 0 spiro atoms. The third-order valence-electron chi connectivity index (χ3n) is 6.81. The van der Waals surface area contributed by atoms with Gasteiger partial charge in [0.25, 0.3) is 0 Å². The Balaban J connectivity index is 1.68. The van der Waals surface area contributed by atoms with E-state index in [9.17, 15) is 0 Å². The van der Waals surface area contributed by atoms with Crippen molar-refractivity contribution in [3.8, 4) is 0 Å². The summed E-state index contributed by atoms with van der Waals surface area (Å²) in [6.07, 6.45) is 1.21. The zero-order valence-electron chi connectivity index (χ0n) is 22.0. The molecule has 0 aliphatic heterocycles. The smallest absolute Gasteiger partial charge is 0.0151 e. The fraction of sp³-hybridized carbons (Fsp3) is 0.273. The molecule has 0 saturated carbocycles. The van der Waals surface area contributed by atoms with Gasteiger partial charge in [0.15, 0.2) is 0 Å². The molecule has 0 N–H and O–H groups in total. The highest BCUT2D eigenvalue weighted by Crippen LogP contribution is 2.48. The van der Waals surface area contributed by atoms with Crippen molar-refractivity contribution in [1.29, 1.82) is 0 Å². The molecule has 4 aromatic rings. The first kappa shape index (κ1) is 25.8. The lowest BCUT2D eigenvalue weighted by molar-refractivity contribution is 0.793. The topological polar surface area (TPSA) is 0 Å². The summed E-state index contributed by atoms with van der Waals surface area (Å²) in [5.74, 6) is 0. The van der Waals surface area contributed by atoms with Crippen molar-refractivity contribution >= 4 is 37.1 Å². The van der Waals surface area contributed by atoms with Gasteiger partial charge in [0.1, 0.15) is 0 Å². The Hall–Kier alpha value is -2.26. The van der Waals surface area contributed by atoms with Crippen molar-refractivity contribution in [2.24, 2.45) is 0 Å². The van der Waals surface area contributed by atoms with Crippen molar-refractivity contribution in [3.63, 3.8) is 0 Å². The average molecular weight is 497 g/mol. The molecule has 0 saturated heterocycles. The number of hydrogen-bond acceptors (Lipinski definition) is 0. The van der Waals surface area contributed by atoms with E-state index in [1.807, 2.05) is 0 Å². The maximum absolute atomic E-state index is 2.49. The minimum absolute atomic E-state index is 0.432. The number of benzene rings is 4. The largest absolute Gasteiger partial charge is 0.0587 e. The molecular formula is C33H38P2. The summed E-state index contributed by atoms with van der Waals surface area (Å²) in [5, 5.41) is 5.96. The molecule has 0 radical (unpaired) electrons. The molecule has 0 aliphatic carbocycles. The number of aryl methyl sites for hydroxylation is 4. The van der Waals surface area contributed by atoms with Crippen LogP contribution in [0.2, 0.25) is 0 Å². The lowest BCUT2D eigenvalue weighted by atomic mass is 10.2. The van der Waals surface area contributed by atoms with Crippen LogP contribution in [0, 0.1) is 27.7 Å². The van der Waals surface area contributed by atoms with Gasteiger partial charge in [-0.1, -0.05) is 133 Å². The second-order valence-electron chi connectivity index (χ2n) is 10.0. The second kappa shape index (κ2) is 11.6. The maximum Gasteiger partial charge on any atom is -0.0151 e. The van der Waals surface area contributed by atoms with Crippen LogP contribution in [0.25, 0.3) is 0 Å². The fourth-order valence-electron chi connectivity index (χ4n) is 4.84. The van der Waals surface area contributed by atoms with Crippen molar-refractivity contribution < 1.29 is 0 Å². The highest BCUT2D eigenvalue weighted by molar-refractivity contribution is 7.74. The number of rotatable bonds is 8. The Morgan fingerprint density at radius 2 is 0.600 bits per heavy atom. The molecule has 0 bridgehead atoms. The molecule has 0 fully saturated rings. The van der Waals surface area contributed by atoms with E-state index in [0.29, 0.717) is 11.3 Å². The van der Waals surface area contributed by atoms with E-state index >= 15 is 0 Å². The van der Waals surface area contributed by atoms with E-state index in [2.05, 4.69) is 139 Å². The molecule has 4 rings (SSSR count). The summed E-state index contributed by atoms with van der Waals surface area (Å²) in [7, 11) is -0.864. The van der Waals surface area contributed by atoms with Gasteiger partial charge in [0.2, 0.25) is 0 Å². The van der Waals surface area contributed by atoms with E-state index in [1.165, 1.54) is 49.9 Å². The lowest BCUT2D eigenvalue weighted by Gasteiger charge is -2.32. The molecule has 2 atom stereocenters. The van der Waals surface area contributed by atoms with Gasteiger partial charge in [0.05, 0.1) is 0 Å². The molecule has 4 aromatic carbocycles. The first-order valence-electron chi connectivity index (χ1n) is 12.7. The Labute approximate surface area is 215 Å². The molecular weight excluding hydrogens is 458 g/mol. The molecule has 0 nitrogen and oxygen atoms in total. The van der Waals surface area contributed by atoms with Crippen molar-refractivity contribution in [2.45, 2.75) is 59.3 Å². The summed E-state index contributed by atoms with van der Waals surface area (Å²) in [6.45, 7) is 13.7. The molecule has 0 heterocycles. The average Bonchev–Trinajstić information content (AvgIpc) is 2.84. The lowest BCUT2D eigenvalue weighted by Crippen LogP contribution is -2.26. The molecule has 0 aliphatic rings. The van der Waals surface area contributed by atoms with Gasteiger partial charge in [-0.15, -0.1) is 0 Å². The normalized spacial score (nSPS) is 13.3. The van der Waals surface area contributed by atoms with Crippen LogP contribution in [-0.2, 0) is 0 Å². The van der Waals surface area contributed by atoms with Crippen LogP contribution in [0.15, 0.2) is 97.1 Å². The highest BCUT2D eigenvalue weighted by atomic mass is 31.1. The Bertz CT molecular complexity index is 1020. The minimum Gasteiger partial charge on any atom is -0.0587 e. The third-order valence-corrected chi connectivity index (χ3v) is 12.4. The van der Waals surface area contributed by atoms with E-state index < -0.39 is 15.8 Å². The van der Waals surface area contributed by atoms with Crippen LogP contribution in [0.3, 0.4) is 0 Å². The zero-order chi connectivity index (χ0) is 24.9. The van der Waals surface area contributed by atoms with Gasteiger partial charge < -0.3 is 0 Å². The van der Waals surface area contributed by atoms with Gasteiger partial charge in [-0.2, -0.15) is 0 Å². The van der Waals surface area contributed by atoms with Crippen LogP contribution in [0.5, 0.6) is 0 Å². The van der Waals surface area contributed by atoms with Crippen molar-refractivity contribution in [2.75, 3.05) is 0 Å². The Kier molecular flexibility index (Phi) is 8.59. The molecule has 0 unspecified atom stereocenters. The van der Waals surface area contributed by atoms with Crippen LogP contribution in [0.1, 0.15) is 42.5 Å². The number of hydrogen-bond donors (Lipinski definition) is 0. The fourth-order valence-corrected chi connectivity index (χ4v) is 10.6. The van der Waals surface area contributed by atoms with Gasteiger partial charge in [-0.25, -0.2) is 0 Å². The summed E-state index contributed by atoms with van der Waals surface area (Å²) in [4.78, 5) is 0. The minimum atomic E-state index is -0.432. The van der Waals surface area contributed by atoms with E-state index in [-0.39, 0.29) is 0 Å². The summed E-state index contributed by atoms with van der Waals surface area (Å²) in [5.41, 5.74) is 6.50.